The van der Waals surface area contributed by atoms with Crippen LogP contribution < -0.4 is 0 Å². The molecule has 2 nitrogen and oxygen atoms in total. The minimum atomic E-state index is -1.28. The third kappa shape index (κ3) is 3.76. The van der Waals surface area contributed by atoms with Gasteiger partial charge in [0.15, 0.2) is 0 Å². The molecule has 0 saturated heterocycles. The van der Waals surface area contributed by atoms with E-state index in [9.17, 15) is 4.79 Å². The van der Waals surface area contributed by atoms with Crippen LogP contribution >= 0.6 is 0 Å². The van der Waals surface area contributed by atoms with Crippen LogP contribution in [-0.2, 0) is 9.53 Å². The topological polar surface area (TPSA) is 26.3 Å². The minimum Gasteiger partial charge on any atom is -0.466 e. The highest BCUT2D eigenvalue weighted by Crippen LogP contribution is 2.21. The normalized spacial score (nSPS) is 12.0. The molecule has 0 heterocycles. The summed E-state index contributed by atoms with van der Waals surface area (Å²) in [6.07, 6.45) is 1.60. The second-order valence-corrected chi connectivity index (χ2v) is 8.46. The summed E-state index contributed by atoms with van der Waals surface area (Å²) in [7, 11) is 0.139. The zero-order chi connectivity index (χ0) is 10.3. The van der Waals surface area contributed by atoms with E-state index < -0.39 is 8.07 Å². The van der Waals surface area contributed by atoms with Gasteiger partial charge in [-0.3, -0.25) is 0 Å². The Morgan fingerprint density at radius 3 is 2.00 bits per heavy atom. The molecule has 0 aliphatic carbocycles. The molecule has 0 aliphatic heterocycles. The third-order valence-electron chi connectivity index (χ3n) is 2.89. The molecule has 0 atom stereocenters. The predicted octanol–water partition coefficient (Wildman–Crippen LogP) is 2.76. The highest BCUT2D eigenvalue weighted by molar-refractivity contribution is 6.84. The fourth-order valence-electron chi connectivity index (χ4n) is 1.42. The molecule has 0 radical (unpaired) electrons. The van der Waals surface area contributed by atoms with Crippen molar-refractivity contribution in [1.29, 1.82) is 0 Å². The first-order valence-electron chi connectivity index (χ1n) is 4.91. The summed E-state index contributed by atoms with van der Waals surface area (Å²) in [6.45, 7) is 6.63. The van der Waals surface area contributed by atoms with Crippen LogP contribution in [0.4, 0.5) is 0 Å². The molecule has 0 bridgehead atoms. The Morgan fingerprint density at radius 2 is 1.69 bits per heavy atom. The maximum absolute atomic E-state index is 10.9. The average Bonchev–Trinajstić information content (AvgIpc) is 2.20. The molecule has 0 aliphatic rings. The fourth-order valence-corrected chi connectivity index (χ4v) is 4.11. The average molecular weight is 200 g/mol. The molecule has 0 aromatic carbocycles. The van der Waals surface area contributed by atoms with Crippen molar-refractivity contribution in [3.8, 4) is 0 Å². The first-order valence-corrected chi connectivity index (χ1v) is 7.61. The molecule has 0 fully saturated rings. The van der Waals surface area contributed by atoms with Gasteiger partial charge < -0.3 is 4.74 Å². The van der Waals surface area contributed by atoms with Gasteiger partial charge in [0, 0.05) is 6.08 Å². The van der Waals surface area contributed by atoms with Gasteiger partial charge in [0.2, 0.25) is 0 Å². The van der Waals surface area contributed by atoms with Gasteiger partial charge in [0.1, 0.15) is 0 Å². The van der Waals surface area contributed by atoms with E-state index in [-0.39, 0.29) is 5.97 Å². The van der Waals surface area contributed by atoms with E-state index in [1.165, 1.54) is 25.2 Å². The van der Waals surface area contributed by atoms with Crippen molar-refractivity contribution in [2.45, 2.75) is 38.9 Å². The summed E-state index contributed by atoms with van der Waals surface area (Å²) in [5.74, 6) is -0.229. The van der Waals surface area contributed by atoms with E-state index in [0.717, 1.165) is 0 Å². The number of carbonyl (C=O) groups excluding carboxylic acids is 1. The van der Waals surface area contributed by atoms with Gasteiger partial charge >= 0.3 is 5.97 Å². The number of ether oxygens (including phenoxy) is 1. The number of esters is 1. The Morgan fingerprint density at radius 1 is 1.23 bits per heavy atom. The summed E-state index contributed by atoms with van der Waals surface area (Å²) >= 11 is 0. The lowest BCUT2D eigenvalue weighted by Gasteiger charge is -2.23. The van der Waals surface area contributed by atoms with Gasteiger partial charge in [-0.2, -0.15) is 0 Å². The Kier molecular flexibility index (Phi) is 5.71. The van der Waals surface area contributed by atoms with Crippen molar-refractivity contribution in [2.75, 3.05) is 7.11 Å². The Balaban J connectivity index is 4.40. The van der Waals surface area contributed by atoms with Crippen LogP contribution in [-0.4, -0.2) is 21.2 Å². The molecule has 0 unspecified atom stereocenters. The summed E-state index contributed by atoms with van der Waals surface area (Å²) in [4.78, 5) is 10.9. The molecule has 0 spiro atoms. The smallest absolute Gasteiger partial charge is 0.329 e. The maximum atomic E-state index is 10.9. The quantitative estimate of drug-likeness (QED) is 0.387. The summed E-state index contributed by atoms with van der Waals surface area (Å²) in [5, 5.41) is 0. The first-order chi connectivity index (χ1) is 6.14. The monoisotopic (exact) mass is 200 g/mol. The second kappa shape index (κ2) is 5.97. The Labute approximate surface area is 82.0 Å². The fraction of sp³-hybridized carbons (Fsp3) is 0.700. The van der Waals surface area contributed by atoms with E-state index in [0.29, 0.717) is 0 Å². The molecule has 0 aromatic rings. The van der Waals surface area contributed by atoms with Crippen LogP contribution in [0.15, 0.2) is 11.8 Å². The van der Waals surface area contributed by atoms with Crippen molar-refractivity contribution in [2.24, 2.45) is 0 Å². The standard InChI is InChI=1S/C10H20O2Si/c1-5-13(6-2,7-3)9-8-10(11)12-4/h8-9H,5-7H2,1-4H3. The van der Waals surface area contributed by atoms with E-state index in [2.05, 4.69) is 31.2 Å². The van der Waals surface area contributed by atoms with Crippen molar-refractivity contribution in [3.63, 3.8) is 0 Å². The molecule has 0 aromatic heterocycles. The maximum Gasteiger partial charge on any atom is 0.329 e. The molecule has 0 N–H and O–H groups in total. The lowest BCUT2D eigenvalue weighted by molar-refractivity contribution is -0.134. The van der Waals surface area contributed by atoms with E-state index in [1.54, 1.807) is 6.08 Å². The van der Waals surface area contributed by atoms with Crippen LogP contribution in [0.2, 0.25) is 18.1 Å². The van der Waals surface area contributed by atoms with E-state index >= 15 is 0 Å². The van der Waals surface area contributed by atoms with E-state index in [1.807, 2.05) is 0 Å². The third-order valence-corrected chi connectivity index (χ3v) is 7.99. The molecule has 0 amide bonds. The van der Waals surface area contributed by atoms with Gasteiger partial charge in [-0.1, -0.05) is 44.6 Å². The second-order valence-electron chi connectivity index (χ2n) is 3.28. The molecular formula is C10H20O2Si. The first kappa shape index (κ1) is 12.4. The van der Waals surface area contributed by atoms with Crippen molar-refractivity contribution >= 4 is 14.0 Å². The largest absolute Gasteiger partial charge is 0.466 e. The lowest BCUT2D eigenvalue weighted by Crippen LogP contribution is -2.28. The number of methoxy groups -OCH3 is 1. The minimum absolute atomic E-state index is 0.229. The number of rotatable bonds is 5. The highest BCUT2D eigenvalue weighted by atomic mass is 28.3. The number of carbonyl (C=O) groups is 1. The van der Waals surface area contributed by atoms with Crippen LogP contribution in [0.5, 0.6) is 0 Å². The zero-order valence-corrected chi connectivity index (χ0v) is 10.1. The summed E-state index contributed by atoms with van der Waals surface area (Å²) in [5.41, 5.74) is 2.12. The van der Waals surface area contributed by atoms with Crippen LogP contribution in [0, 0.1) is 0 Å². The summed E-state index contributed by atoms with van der Waals surface area (Å²) < 4.78 is 4.58. The SMILES string of the molecule is CC[Si](C=CC(=O)OC)(CC)CC. The molecular weight excluding hydrogens is 180 g/mol. The van der Waals surface area contributed by atoms with Crippen LogP contribution in [0.25, 0.3) is 0 Å². The molecule has 76 valence electrons. The Bertz CT molecular complexity index is 175. The van der Waals surface area contributed by atoms with Crippen LogP contribution in [0.1, 0.15) is 20.8 Å². The van der Waals surface area contributed by atoms with Gasteiger partial charge in [-0.25, -0.2) is 4.79 Å². The van der Waals surface area contributed by atoms with Crippen molar-refractivity contribution < 1.29 is 9.53 Å². The van der Waals surface area contributed by atoms with Gasteiger partial charge in [-0.15, -0.1) is 0 Å². The molecule has 0 saturated carbocycles. The molecule has 13 heavy (non-hydrogen) atoms. The summed E-state index contributed by atoms with van der Waals surface area (Å²) in [6, 6.07) is 3.61. The van der Waals surface area contributed by atoms with Crippen molar-refractivity contribution in [3.05, 3.63) is 11.8 Å². The molecule has 3 heteroatoms. The number of hydrogen-bond acceptors (Lipinski definition) is 2. The zero-order valence-electron chi connectivity index (χ0n) is 9.09. The van der Waals surface area contributed by atoms with Gasteiger partial charge in [0.25, 0.3) is 0 Å². The van der Waals surface area contributed by atoms with Crippen molar-refractivity contribution in [1.82, 2.24) is 0 Å². The molecule has 0 rings (SSSR count). The number of hydrogen-bond donors (Lipinski definition) is 0. The lowest BCUT2D eigenvalue weighted by atomic mass is 10.7. The Hall–Kier alpha value is -0.573. The van der Waals surface area contributed by atoms with Crippen LogP contribution in [0.3, 0.4) is 0 Å². The predicted molar refractivity (Wildman–Crippen MR) is 58.4 cm³/mol. The van der Waals surface area contributed by atoms with E-state index in [4.69, 9.17) is 0 Å². The van der Waals surface area contributed by atoms with Gasteiger partial charge in [-0.05, 0) is 0 Å². The highest BCUT2D eigenvalue weighted by Gasteiger charge is 2.23. The van der Waals surface area contributed by atoms with Gasteiger partial charge in [0.05, 0.1) is 15.2 Å².